The summed E-state index contributed by atoms with van der Waals surface area (Å²) in [5, 5.41) is 10.1. The first-order chi connectivity index (χ1) is 11.7. The van der Waals surface area contributed by atoms with E-state index in [-0.39, 0.29) is 11.9 Å². The van der Waals surface area contributed by atoms with Gasteiger partial charge in [-0.15, -0.1) is 0 Å². The van der Waals surface area contributed by atoms with Crippen LogP contribution in [0.25, 0.3) is 0 Å². The van der Waals surface area contributed by atoms with E-state index in [4.69, 9.17) is 4.74 Å². The zero-order chi connectivity index (χ0) is 16.9. The van der Waals surface area contributed by atoms with Crippen LogP contribution in [-0.4, -0.2) is 35.7 Å². The molecule has 126 valence electrons. The number of rotatable bonds is 5. The number of hydrogen-bond donors (Lipinski definition) is 1. The Morgan fingerprint density at radius 3 is 2.75 bits per heavy atom. The molecule has 1 N–H and O–H groups in total. The van der Waals surface area contributed by atoms with Crippen LogP contribution >= 0.6 is 0 Å². The minimum Gasteiger partial charge on any atom is -0.497 e. The van der Waals surface area contributed by atoms with Crippen molar-refractivity contribution in [2.75, 3.05) is 13.7 Å². The van der Waals surface area contributed by atoms with Crippen molar-refractivity contribution in [3.63, 3.8) is 0 Å². The van der Waals surface area contributed by atoms with Crippen molar-refractivity contribution in [2.24, 2.45) is 0 Å². The molecule has 0 radical (unpaired) electrons. The molecule has 0 bridgehead atoms. The largest absolute Gasteiger partial charge is 0.497 e. The Morgan fingerprint density at radius 1 is 1.21 bits per heavy atom. The molecule has 1 heterocycles. The number of carbonyl (C=O) groups excluding carboxylic acids is 1. The molecule has 0 saturated carbocycles. The third-order valence-electron chi connectivity index (χ3n) is 4.55. The van der Waals surface area contributed by atoms with Crippen LogP contribution in [0.1, 0.15) is 30.0 Å². The Hall–Kier alpha value is -2.33. The fraction of sp³-hybridized carbons (Fsp3) is 0.350. The van der Waals surface area contributed by atoms with E-state index in [9.17, 15) is 9.90 Å². The normalized spacial score (nSPS) is 20.2. The first-order valence-electron chi connectivity index (χ1n) is 8.33. The van der Waals surface area contributed by atoms with E-state index in [0.717, 1.165) is 23.3 Å². The van der Waals surface area contributed by atoms with Crippen LogP contribution in [0, 0.1) is 0 Å². The average molecular weight is 325 g/mol. The van der Waals surface area contributed by atoms with Gasteiger partial charge in [-0.2, -0.15) is 0 Å². The molecule has 0 spiro atoms. The van der Waals surface area contributed by atoms with Gasteiger partial charge < -0.3 is 14.7 Å². The summed E-state index contributed by atoms with van der Waals surface area (Å²) in [4.78, 5) is 14.5. The number of aliphatic hydroxyl groups excluding tert-OH is 1. The van der Waals surface area contributed by atoms with E-state index in [0.29, 0.717) is 19.4 Å². The van der Waals surface area contributed by atoms with E-state index in [1.807, 2.05) is 59.5 Å². The lowest BCUT2D eigenvalue weighted by atomic mass is 10.0. The maximum absolute atomic E-state index is 12.7. The number of hydrogen-bond acceptors (Lipinski definition) is 3. The van der Waals surface area contributed by atoms with Gasteiger partial charge in [0.25, 0.3) is 0 Å². The molecule has 1 aliphatic heterocycles. The molecule has 2 aromatic carbocycles. The summed E-state index contributed by atoms with van der Waals surface area (Å²) in [5.41, 5.74) is 2.17. The number of aryl methyl sites for hydroxylation is 1. The van der Waals surface area contributed by atoms with E-state index in [1.54, 1.807) is 7.11 Å². The molecule has 3 rings (SSSR count). The predicted molar refractivity (Wildman–Crippen MR) is 92.8 cm³/mol. The van der Waals surface area contributed by atoms with Crippen LogP contribution in [-0.2, 0) is 11.2 Å². The Bertz CT molecular complexity index is 686. The van der Waals surface area contributed by atoms with Crippen molar-refractivity contribution in [3.05, 3.63) is 65.7 Å². The second-order valence-electron chi connectivity index (χ2n) is 6.21. The van der Waals surface area contributed by atoms with Gasteiger partial charge in [0.15, 0.2) is 0 Å². The predicted octanol–water partition coefficient (Wildman–Crippen LogP) is 2.96. The van der Waals surface area contributed by atoms with E-state index in [2.05, 4.69) is 0 Å². The highest BCUT2D eigenvalue weighted by Crippen LogP contribution is 2.34. The van der Waals surface area contributed by atoms with Gasteiger partial charge in [0, 0.05) is 13.0 Å². The second-order valence-corrected chi connectivity index (χ2v) is 6.21. The molecule has 0 unspecified atom stereocenters. The maximum atomic E-state index is 12.7. The third-order valence-corrected chi connectivity index (χ3v) is 4.55. The van der Waals surface area contributed by atoms with Gasteiger partial charge in [-0.3, -0.25) is 4.79 Å². The molecule has 24 heavy (non-hydrogen) atoms. The van der Waals surface area contributed by atoms with Crippen molar-refractivity contribution in [2.45, 2.75) is 31.4 Å². The van der Waals surface area contributed by atoms with Crippen LogP contribution in [0.4, 0.5) is 0 Å². The molecule has 1 aliphatic rings. The van der Waals surface area contributed by atoms with E-state index < -0.39 is 6.10 Å². The molecule has 1 saturated heterocycles. The first kappa shape index (κ1) is 16.5. The number of benzene rings is 2. The van der Waals surface area contributed by atoms with Crippen LogP contribution in [0.3, 0.4) is 0 Å². The number of aliphatic hydroxyl groups is 1. The molecule has 0 aromatic heterocycles. The number of likely N-dealkylation sites (tertiary alicyclic amines) is 1. The molecule has 0 aliphatic carbocycles. The lowest BCUT2D eigenvalue weighted by Crippen LogP contribution is -2.31. The third kappa shape index (κ3) is 3.77. The van der Waals surface area contributed by atoms with Gasteiger partial charge in [0.05, 0.1) is 19.3 Å². The highest BCUT2D eigenvalue weighted by atomic mass is 16.5. The summed E-state index contributed by atoms with van der Waals surface area (Å²) in [6.07, 6.45) is 1.28. The number of β-amino-alcohol motifs (C(OH)–C–C–N with tert-alkyl or cyclic N) is 1. The molecular formula is C20H23NO3. The quantitative estimate of drug-likeness (QED) is 0.919. The standard InChI is InChI=1S/C20H23NO3/c1-24-18-9-5-8-16(12-18)19-13-17(22)14-21(19)20(23)11-10-15-6-3-2-4-7-15/h2-9,12,17,19,22H,10-11,13-14H2,1H3/t17-,19-/m0/s1. The summed E-state index contributed by atoms with van der Waals surface area (Å²) < 4.78 is 5.28. The molecule has 1 amide bonds. The second kappa shape index (κ2) is 7.49. The molecule has 4 nitrogen and oxygen atoms in total. The smallest absolute Gasteiger partial charge is 0.223 e. The molecule has 4 heteroatoms. The minimum atomic E-state index is -0.470. The van der Waals surface area contributed by atoms with Crippen molar-refractivity contribution in [1.82, 2.24) is 4.90 Å². The fourth-order valence-electron chi connectivity index (χ4n) is 3.29. The zero-order valence-electron chi connectivity index (χ0n) is 13.9. The Morgan fingerprint density at radius 2 is 2.00 bits per heavy atom. The van der Waals surface area contributed by atoms with Gasteiger partial charge in [-0.05, 0) is 36.1 Å². The topological polar surface area (TPSA) is 49.8 Å². The highest BCUT2D eigenvalue weighted by molar-refractivity contribution is 5.77. The molecule has 1 fully saturated rings. The van der Waals surface area contributed by atoms with E-state index >= 15 is 0 Å². The number of methoxy groups -OCH3 is 1. The van der Waals surface area contributed by atoms with Gasteiger partial charge in [-0.1, -0.05) is 42.5 Å². The summed E-state index contributed by atoms with van der Waals surface area (Å²) in [6.45, 7) is 0.398. The first-order valence-corrected chi connectivity index (χ1v) is 8.33. The van der Waals surface area contributed by atoms with Crippen molar-refractivity contribution >= 4 is 5.91 Å². The Kier molecular flexibility index (Phi) is 5.16. The Balaban J connectivity index is 1.71. The van der Waals surface area contributed by atoms with Gasteiger partial charge in [0.1, 0.15) is 5.75 Å². The maximum Gasteiger partial charge on any atom is 0.223 e. The highest BCUT2D eigenvalue weighted by Gasteiger charge is 2.35. The van der Waals surface area contributed by atoms with Crippen molar-refractivity contribution in [3.8, 4) is 5.75 Å². The molecule has 2 aromatic rings. The lowest BCUT2D eigenvalue weighted by Gasteiger charge is -2.25. The van der Waals surface area contributed by atoms with Crippen LogP contribution in [0.5, 0.6) is 5.75 Å². The van der Waals surface area contributed by atoms with Gasteiger partial charge in [-0.25, -0.2) is 0 Å². The monoisotopic (exact) mass is 325 g/mol. The van der Waals surface area contributed by atoms with Crippen LogP contribution in [0.15, 0.2) is 54.6 Å². The van der Waals surface area contributed by atoms with Crippen molar-refractivity contribution in [1.29, 1.82) is 0 Å². The van der Waals surface area contributed by atoms with Crippen LogP contribution < -0.4 is 4.74 Å². The van der Waals surface area contributed by atoms with Gasteiger partial charge >= 0.3 is 0 Å². The van der Waals surface area contributed by atoms with E-state index in [1.165, 1.54) is 0 Å². The SMILES string of the molecule is COc1cccc([C@@H]2C[C@H](O)CN2C(=O)CCc2ccccc2)c1. The minimum absolute atomic E-state index is 0.0848. The summed E-state index contributed by atoms with van der Waals surface area (Å²) in [6, 6.07) is 17.7. The number of ether oxygens (including phenoxy) is 1. The summed E-state index contributed by atoms with van der Waals surface area (Å²) in [7, 11) is 1.63. The van der Waals surface area contributed by atoms with Crippen LogP contribution in [0.2, 0.25) is 0 Å². The fourth-order valence-corrected chi connectivity index (χ4v) is 3.29. The molecule has 2 atom stereocenters. The lowest BCUT2D eigenvalue weighted by molar-refractivity contribution is -0.132. The Labute approximate surface area is 142 Å². The van der Waals surface area contributed by atoms with Crippen molar-refractivity contribution < 1.29 is 14.6 Å². The summed E-state index contributed by atoms with van der Waals surface area (Å²) >= 11 is 0. The zero-order valence-corrected chi connectivity index (χ0v) is 13.9. The summed E-state index contributed by atoms with van der Waals surface area (Å²) in [5.74, 6) is 0.855. The number of carbonyl (C=O) groups is 1. The number of nitrogens with zero attached hydrogens (tertiary/aromatic N) is 1. The average Bonchev–Trinajstić information content (AvgIpc) is 3.02. The number of amides is 1. The van der Waals surface area contributed by atoms with Gasteiger partial charge in [0.2, 0.25) is 5.91 Å². The molecular weight excluding hydrogens is 302 g/mol.